The van der Waals surface area contributed by atoms with Crippen molar-refractivity contribution in [3.63, 3.8) is 0 Å². The van der Waals surface area contributed by atoms with Crippen LogP contribution >= 0.6 is 0 Å². The number of nitrogens with zero attached hydrogens (tertiary/aromatic N) is 2. The van der Waals surface area contributed by atoms with E-state index in [2.05, 4.69) is 5.32 Å². The number of sulfone groups is 1. The van der Waals surface area contributed by atoms with Crippen LogP contribution in [0.25, 0.3) is 11.0 Å². The normalized spacial score (nSPS) is 11.7. The molecule has 1 aromatic heterocycles. The van der Waals surface area contributed by atoms with E-state index in [0.717, 1.165) is 12.1 Å². The molecule has 0 aliphatic heterocycles. The highest BCUT2D eigenvalue weighted by atomic mass is 32.2. The third kappa shape index (κ3) is 3.25. The van der Waals surface area contributed by atoms with E-state index in [1.54, 1.807) is 14.1 Å². The van der Waals surface area contributed by atoms with E-state index in [1.807, 2.05) is 0 Å². The molecule has 0 aliphatic rings. The van der Waals surface area contributed by atoms with Gasteiger partial charge < -0.3 is 5.32 Å². The van der Waals surface area contributed by atoms with Gasteiger partial charge in [0.05, 0.1) is 15.9 Å². The lowest BCUT2D eigenvalue weighted by Gasteiger charge is -2.07. The van der Waals surface area contributed by atoms with E-state index in [1.165, 1.54) is 39.5 Å². The molecule has 0 saturated carbocycles. The van der Waals surface area contributed by atoms with Gasteiger partial charge in [-0.1, -0.05) is 0 Å². The lowest BCUT2D eigenvalue weighted by atomic mass is 10.3. The minimum atomic E-state index is -3.91. The first-order valence-electron chi connectivity index (χ1n) is 7.63. The van der Waals surface area contributed by atoms with Gasteiger partial charge in [-0.3, -0.25) is 13.9 Å². The summed E-state index contributed by atoms with van der Waals surface area (Å²) in [7, 11) is -0.774. The van der Waals surface area contributed by atoms with Crippen molar-refractivity contribution in [2.24, 2.45) is 14.1 Å². The Kier molecular flexibility index (Phi) is 4.41. The first-order chi connectivity index (χ1) is 12.2. The van der Waals surface area contributed by atoms with Crippen LogP contribution in [0.4, 0.5) is 10.1 Å². The van der Waals surface area contributed by atoms with Gasteiger partial charge in [0.15, 0.2) is 9.84 Å². The number of nitrogens with one attached hydrogen (secondary N) is 1. The van der Waals surface area contributed by atoms with Crippen LogP contribution in [0.3, 0.4) is 0 Å². The molecule has 3 aromatic rings. The molecule has 3 rings (SSSR count). The summed E-state index contributed by atoms with van der Waals surface area (Å²) in [5.41, 5.74) is 1.07. The van der Waals surface area contributed by atoms with E-state index in [0.29, 0.717) is 16.7 Å². The fraction of sp³-hybridized carbons (Fsp3) is 0.176. The number of fused-ring (bicyclic) bond motifs is 1. The number of carbonyl (C=O) groups excluding carboxylic acids is 1. The maximum Gasteiger partial charge on any atom is 0.328 e. The Hall–Kier alpha value is -2.94. The lowest BCUT2D eigenvalue weighted by molar-refractivity contribution is -0.113. The molecule has 1 N–H and O–H groups in total. The van der Waals surface area contributed by atoms with Crippen LogP contribution in [-0.4, -0.2) is 29.2 Å². The molecule has 0 fully saturated rings. The molecular weight excluding hydrogens is 361 g/mol. The van der Waals surface area contributed by atoms with E-state index in [4.69, 9.17) is 0 Å². The van der Waals surface area contributed by atoms with Crippen LogP contribution in [0.5, 0.6) is 0 Å². The van der Waals surface area contributed by atoms with Crippen molar-refractivity contribution in [3.8, 4) is 0 Å². The zero-order valence-electron chi connectivity index (χ0n) is 14.1. The molecule has 1 amide bonds. The predicted octanol–water partition coefficient (Wildman–Crippen LogP) is 1.43. The SMILES string of the molecule is Cn1c(=O)n(C)c2cc(S(=O)(=O)CC(=O)Nc3ccc(F)cc3)ccc21. The first-order valence-corrected chi connectivity index (χ1v) is 9.28. The Balaban J connectivity index is 1.86. The van der Waals surface area contributed by atoms with Gasteiger partial charge in [0, 0.05) is 19.8 Å². The highest BCUT2D eigenvalue weighted by Crippen LogP contribution is 2.19. The number of rotatable bonds is 4. The van der Waals surface area contributed by atoms with Crippen molar-refractivity contribution in [2.45, 2.75) is 4.90 Å². The lowest BCUT2D eigenvalue weighted by Crippen LogP contribution is -2.23. The molecule has 0 aliphatic carbocycles. The molecule has 7 nitrogen and oxygen atoms in total. The molecule has 0 spiro atoms. The number of hydrogen-bond acceptors (Lipinski definition) is 4. The first kappa shape index (κ1) is 17.9. The third-order valence-corrected chi connectivity index (χ3v) is 5.67. The second-order valence-electron chi connectivity index (χ2n) is 5.87. The Bertz CT molecular complexity index is 1160. The van der Waals surface area contributed by atoms with Gasteiger partial charge in [-0.05, 0) is 42.5 Å². The highest BCUT2D eigenvalue weighted by molar-refractivity contribution is 7.92. The zero-order valence-corrected chi connectivity index (χ0v) is 14.9. The summed E-state index contributed by atoms with van der Waals surface area (Å²) < 4.78 is 40.7. The van der Waals surface area contributed by atoms with Crippen LogP contribution in [0.2, 0.25) is 0 Å². The molecule has 9 heteroatoms. The molecule has 0 saturated heterocycles. The summed E-state index contributed by atoms with van der Waals surface area (Å²) in [4.78, 5) is 23.9. The van der Waals surface area contributed by atoms with Crippen molar-refractivity contribution in [1.82, 2.24) is 9.13 Å². The summed E-state index contributed by atoms with van der Waals surface area (Å²) in [6.07, 6.45) is 0. The van der Waals surface area contributed by atoms with E-state index >= 15 is 0 Å². The summed E-state index contributed by atoms with van der Waals surface area (Å²) in [5.74, 6) is -1.97. The number of hydrogen-bond donors (Lipinski definition) is 1. The van der Waals surface area contributed by atoms with Crippen molar-refractivity contribution in [3.05, 3.63) is 58.8 Å². The van der Waals surface area contributed by atoms with Crippen molar-refractivity contribution >= 4 is 32.5 Å². The van der Waals surface area contributed by atoms with E-state index < -0.39 is 27.3 Å². The van der Waals surface area contributed by atoms with Gasteiger partial charge in [0.25, 0.3) is 0 Å². The summed E-state index contributed by atoms with van der Waals surface area (Å²) in [6, 6.07) is 9.26. The number of imidazole rings is 1. The summed E-state index contributed by atoms with van der Waals surface area (Å²) >= 11 is 0. The van der Waals surface area contributed by atoms with Gasteiger partial charge in [0.2, 0.25) is 5.91 Å². The standard InChI is InChI=1S/C17H16FN3O4S/c1-20-14-8-7-13(9-15(14)21(2)17(20)23)26(24,25)10-16(22)19-12-5-3-11(18)4-6-12/h3-9H,10H2,1-2H3,(H,19,22). The topological polar surface area (TPSA) is 90.2 Å². The number of amides is 1. The smallest absolute Gasteiger partial charge is 0.325 e. The Morgan fingerprint density at radius 2 is 1.65 bits per heavy atom. The van der Waals surface area contributed by atoms with Gasteiger partial charge in [-0.25, -0.2) is 17.6 Å². The van der Waals surface area contributed by atoms with E-state index in [9.17, 15) is 22.4 Å². The average Bonchev–Trinajstić information content (AvgIpc) is 2.81. The second-order valence-corrected chi connectivity index (χ2v) is 7.85. The number of carbonyl (C=O) groups is 1. The van der Waals surface area contributed by atoms with Crippen molar-refractivity contribution in [2.75, 3.05) is 11.1 Å². The number of anilines is 1. The molecule has 26 heavy (non-hydrogen) atoms. The average molecular weight is 377 g/mol. The molecule has 1 heterocycles. The molecule has 2 aromatic carbocycles. The van der Waals surface area contributed by atoms with Gasteiger partial charge in [0.1, 0.15) is 11.6 Å². The quantitative estimate of drug-likeness (QED) is 0.745. The molecule has 0 radical (unpaired) electrons. The van der Waals surface area contributed by atoms with Gasteiger partial charge in [-0.2, -0.15) is 0 Å². The number of benzene rings is 2. The zero-order chi connectivity index (χ0) is 19.1. The molecule has 0 unspecified atom stereocenters. The van der Waals surface area contributed by atoms with Crippen molar-refractivity contribution in [1.29, 1.82) is 0 Å². The monoisotopic (exact) mass is 377 g/mol. The number of aromatic nitrogens is 2. The number of halogens is 1. The Labute approximate surface area is 148 Å². The molecular formula is C17H16FN3O4S. The molecule has 136 valence electrons. The minimum absolute atomic E-state index is 0.0551. The second kappa shape index (κ2) is 6.41. The fourth-order valence-electron chi connectivity index (χ4n) is 2.67. The van der Waals surface area contributed by atoms with Crippen LogP contribution < -0.4 is 11.0 Å². The largest absolute Gasteiger partial charge is 0.328 e. The maximum atomic E-state index is 12.9. The maximum absolute atomic E-state index is 12.9. The highest BCUT2D eigenvalue weighted by Gasteiger charge is 2.21. The molecule has 0 bridgehead atoms. The summed E-state index contributed by atoms with van der Waals surface area (Å²) in [6.45, 7) is 0. The van der Waals surface area contributed by atoms with Gasteiger partial charge in [-0.15, -0.1) is 0 Å². The Morgan fingerprint density at radius 3 is 2.31 bits per heavy atom. The summed E-state index contributed by atoms with van der Waals surface area (Å²) in [5, 5.41) is 2.41. The minimum Gasteiger partial charge on any atom is -0.325 e. The third-order valence-electron chi connectivity index (χ3n) is 4.05. The van der Waals surface area contributed by atoms with Crippen molar-refractivity contribution < 1.29 is 17.6 Å². The predicted molar refractivity (Wildman–Crippen MR) is 95.2 cm³/mol. The van der Waals surface area contributed by atoms with Crippen LogP contribution in [-0.2, 0) is 28.7 Å². The van der Waals surface area contributed by atoms with Crippen LogP contribution in [0, 0.1) is 5.82 Å². The van der Waals surface area contributed by atoms with E-state index in [-0.39, 0.29) is 10.6 Å². The van der Waals surface area contributed by atoms with Crippen LogP contribution in [0.15, 0.2) is 52.2 Å². The fourth-order valence-corrected chi connectivity index (χ4v) is 3.82. The number of aryl methyl sites for hydroxylation is 2. The van der Waals surface area contributed by atoms with Crippen LogP contribution in [0.1, 0.15) is 0 Å². The van der Waals surface area contributed by atoms with Gasteiger partial charge >= 0.3 is 5.69 Å². The Morgan fingerprint density at radius 1 is 1.04 bits per heavy atom. The molecule has 0 atom stereocenters.